The largest absolute Gasteiger partial charge is 0.382 e. The zero-order valence-corrected chi connectivity index (χ0v) is 7.78. The summed E-state index contributed by atoms with van der Waals surface area (Å²) in [4.78, 5) is 0. The average Bonchev–Trinajstić information content (AvgIpc) is 1.89. The molecule has 0 spiro atoms. The topological polar surface area (TPSA) is 20.2 Å². The molecule has 0 heterocycles. The number of unbranched alkanes of at least 4 members (excludes halogenated alkanes) is 2. The molecule has 0 radical (unpaired) electrons. The van der Waals surface area contributed by atoms with Crippen molar-refractivity contribution in [1.29, 1.82) is 0 Å². The molecule has 1 nitrogen and oxygen atoms in total. The summed E-state index contributed by atoms with van der Waals surface area (Å²) in [6.07, 6.45) is 4.63. The average molecular weight is 162 g/mol. The van der Waals surface area contributed by atoms with Crippen molar-refractivity contribution < 1.29 is 5.11 Å². The molecular formula is C8H18OS. The van der Waals surface area contributed by atoms with Crippen LogP contribution in [0.1, 0.15) is 39.5 Å². The van der Waals surface area contributed by atoms with Gasteiger partial charge in [-0.05, 0) is 12.2 Å². The summed E-state index contributed by atoms with van der Waals surface area (Å²) >= 11 is 1.64. The maximum absolute atomic E-state index is 9.24. The number of thioether (sulfide) groups is 1. The monoisotopic (exact) mass is 162 g/mol. The highest BCUT2D eigenvalue weighted by Gasteiger charge is 2.00. The van der Waals surface area contributed by atoms with Gasteiger partial charge < -0.3 is 5.11 Å². The lowest BCUT2D eigenvalue weighted by Gasteiger charge is -2.06. The number of rotatable bonds is 6. The molecule has 0 aliphatic rings. The molecule has 0 bridgehead atoms. The van der Waals surface area contributed by atoms with E-state index < -0.39 is 0 Å². The molecule has 0 aromatic carbocycles. The normalized spacial score (nSPS) is 13.5. The van der Waals surface area contributed by atoms with Crippen LogP contribution in [0.15, 0.2) is 0 Å². The van der Waals surface area contributed by atoms with Crippen LogP contribution < -0.4 is 0 Å². The number of aliphatic hydroxyl groups is 1. The van der Waals surface area contributed by atoms with Crippen molar-refractivity contribution in [3.8, 4) is 0 Å². The molecule has 10 heavy (non-hydrogen) atoms. The van der Waals surface area contributed by atoms with Crippen molar-refractivity contribution in [3.05, 3.63) is 0 Å². The van der Waals surface area contributed by atoms with E-state index in [4.69, 9.17) is 0 Å². The minimum atomic E-state index is -0.114. The molecule has 0 saturated heterocycles. The van der Waals surface area contributed by atoms with E-state index in [1.165, 1.54) is 19.3 Å². The zero-order valence-electron chi connectivity index (χ0n) is 6.97. The Morgan fingerprint density at radius 1 is 1.30 bits per heavy atom. The highest BCUT2D eigenvalue weighted by atomic mass is 32.2. The number of hydrogen-bond acceptors (Lipinski definition) is 2. The molecular weight excluding hydrogens is 144 g/mol. The van der Waals surface area contributed by atoms with Crippen LogP contribution in [0.4, 0.5) is 0 Å². The van der Waals surface area contributed by atoms with Crippen LogP contribution in [0, 0.1) is 0 Å². The number of hydrogen-bond donors (Lipinski definition) is 1. The van der Waals surface area contributed by atoms with Gasteiger partial charge in [-0.15, -0.1) is 11.8 Å². The van der Waals surface area contributed by atoms with Gasteiger partial charge in [-0.25, -0.2) is 0 Å². The van der Waals surface area contributed by atoms with Gasteiger partial charge in [-0.2, -0.15) is 0 Å². The third kappa shape index (κ3) is 6.43. The first-order valence-corrected chi connectivity index (χ1v) is 5.15. The molecule has 0 fully saturated rings. The minimum Gasteiger partial charge on any atom is -0.382 e. The molecule has 1 unspecified atom stereocenters. The predicted octanol–water partition coefficient (Wildman–Crippen LogP) is 2.64. The lowest BCUT2D eigenvalue weighted by molar-refractivity contribution is 0.248. The van der Waals surface area contributed by atoms with Gasteiger partial charge in [0, 0.05) is 0 Å². The number of aliphatic hydroxyl groups excluding tert-OH is 1. The van der Waals surface area contributed by atoms with Gasteiger partial charge in [-0.3, -0.25) is 0 Å². The standard InChI is InChI=1S/C8H18OS/c1-3-5-6-7-8(9)10-4-2/h8-9H,3-7H2,1-2H3. The summed E-state index contributed by atoms with van der Waals surface area (Å²) < 4.78 is 0. The molecule has 2 heteroatoms. The van der Waals surface area contributed by atoms with E-state index in [0.29, 0.717) is 0 Å². The summed E-state index contributed by atoms with van der Waals surface area (Å²) in [5.74, 6) is 1.02. The Kier molecular flexibility index (Phi) is 7.65. The van der Waals surface area contributed by atoms with Crippen LogP contribution in [0.25, 0.3) is 0 Å². The second kappa shape index (κ2) is 7.42. The van der Waals surface area contributed by atoms with E-state index in [2.05, 4.69) is 13.8 Å². The Morgan fingerprint density at radius 2 is 2.00 bits per heavy atom. The highest BCUT2D eigenvalue weighted by molar-refractivity contribution is 7.99. The Bertz CT molecular complexity index is 66.3. The van der Waals surface area contributed by atoms with Gasteiger partial charge in [0.05, 0.1) is 5.44 Å². The Balaban J connectivity index is 2.97. The first-order chi connectivity index (χ1) is 4.81. The smallest absolute Gasteiger partial charge is 0.0992 e. The van der Waals surface area contributed by atoms with E-state index in [1.807, 2.05) is 0 Å². The lowest BCUT2D eigenvalue weighted by atomic mass is 10.2. The van der Waals surface area contributed by atoms with E-state index in [-0.39, 0.29) is 5.44 Å². The molecule has 0 saturated carbocycles. The third-order valence-electron chi connectivity index (χ3n) is 1.41. The van der Waals surface area contributed by atoms with Crippen molar-refractivity contribution in [2.24, 2.45) is 0 Å². The van der Waals surface area contributed by atoms with Gasteiger partial charge in [0.2, 0.25) is 0 Å². The van der Waals surface area contributed by atoms with Crippen molar-refractivity contribution in [1.82, 2.24) is 0 Å². The van der Waals surface area contributed by atoms with Crippen LogP contribution >= 0.6 is 11.8 Å². The van der Waals surface area contributed by atoms with Crippen LogP contribution in [0.2, 0.25) is 0 Å². The van der Waals surface area contributed by atoms with Gasteiger partial charge >= 0.3 is 0 Å². The predicted molar refractivity (Wildman–Crippen MR) is 48.3 cm³/mol. The fourth-order valence-electron chi connectivity index (χ4n) is 0.845. The van der Waals surface area contributed by atoms with E-state index in [9.17, 15) is 5.11 Å². The summed E-state index contributed by atoms with van der Waals surface area (Å²) in [5, 5.41) is 9.24. The maximum atomic E-state index is 9.24. The van der Waals surface area contributed by atoms with Crippen LogP contribution in [-0.4, -0.2) is 16.3 Å². The molecule has 0 aromatic heterocycles. The molecule has 0 aromatic rings. The van der Waals surface area contributed by atoms with Gasteiger partial charge in [0.15, 0.2) is 0 Å². The van der Waals surface area contributed by atoms with Crippen LogP contribution in [0.3, 0.4) is 0 Å². The summed E-state index contributed by atoms with van der Waals surface area (Å²) in [6.45, 7) is 4.26. The van der Waals surface area contributed by atoms with Crippen molar-refractivity contribution in [2.75, 3.05) is 5.75 Å². The summed E-state index contributed by atoms with van der Waals surface area (Å²) in [6, 6.07) is 0. The van der Waals surface area contributed by atoms with Crippen molar-refractivity contribution in [3.63, 3.8) is 0 Å². The van der Waals surface area contributed by atoms with Gasteiger partial charge in [0.25, 0.3) is 0 Å². The summed E-state index contributed by atoms with van der Waals surface area (Å²) in [7, 11) is 0. The van der Waals surface area contributed by atoms with Gasteiger partial charge in [-0.1, -0.05) is 33.1 Å². The van der Waals surface area contributed by atoms with Crippen molar-refractivity contribution in [2.45, 2.75) is 45.0 Å². The first kappa shape index (κ1) is 10.3. The quantitative estimate of drug-likeness (QED) is 0.478. The van der Waals surface area contributed by atoms with Gasteiger partial charge in [0.1, 0.15) is 0 Å². The second-order valence-corrected chi connectivity index (χ2v) is 3.86. The Labute approximate surface area is 68.2 Å². The molecule has 0 rings (SSSR count). The van der Waals surface area contributed by atoms with E-state index in [1.54, 1.807) is 11.8 Å². The zero-order chi connectivity index (χ0) is 7.82. The van der Waals surface area contributed by atoms with E-state index in [0.717, 1.165) is 12.2 Å². The van der Waals surface area contributed by atoms with Crippen molar-refractivity contribution >= 4 is 11.8 Å². The van der Waals surface area contributed by atoms with E-state index >= 15 is 0 Å². The lowest BCUT2D eigenvalue weighted by Crippen LogP contribution is -2.00. The fraction of sp³-hybridized carbons (Fsp3) is 1.00. The molecule has 62 valence electrons. The Hall–Kier alpha value is 0.310. The molecule has 0 aliphatic carbocycles. The maximum Gasteiger partial charge on any atom is 0.0992 e. The van der Waals surface area contributed by atoms with Crippen LogP contribution in [-0.2, 0) is 0 Å². The summed E-state index contributed by atoms with van der Waals surface area (Å²) in [5.41, 5.74) is -0.114. The minimum absolute atomic E-state index is 0.114. The second-order valence-electron chi connectivity index (χ2n) is 2.41. The molecule has 0 aliphatic heterocycles. The fourth-order valence-corrected chi connectivity index (χ4v) is 1.56. The highest BCUT2D eigenvalue weighted by Crippen LogP contribution is 2.14. The molecule has 0 amide bonds. The van der Waals surface area contributed by atoms with Crippen LogP contribution in [0.5, 0.6) is 0 Å². The SMILES string of the molecule is CCCCCC(O)SCC. The molecule has 1 N–H and O–H groups in total. The Morgan fingerprint density at radius 3 is 2.50 bits per heavy atom. The third-order valence-corrected chi connectivity index (χ3v) is 2.37. The first-order valence-electron chi connectivity index (χ1n) is 4.11. The molecule has 1 atom stereocenters.